The molecule has 1 heterocycles. The molecule has 4 rings (SSSR count). The molecule has 126 valence electrons. The first kappa shape index (κ1) is 15.6. The van der Waals surface area contributed by atoms with Crippen LogP contribution in [0.25, 0.3) is 10.8 Å². The Morgan fingerprint density at radius 1 is 1.08 bits per heavy atom. The van der Waals surface area contributed by atoms with Gasteiger partial charge in [-0.15, -0.1) is 0 Å². The first-order chi connectivity index (χ1) is 12.1. The molecule has 0 spiro atoms. The number of rotatable bonds is 4. The Balaban J connectivity index is 1.70. The lowest BCUT2D eigenvalue weighted by Gasteiger charge is -2.29. The van der Waals surface area contributed by atoms with E-state index in [1.165, 1.54) is 11.6 Å². The molecular formula is C21H20N2O2. The predicted molar refractivity (Wildman–Crippen MR) is 97.0 cm³/mol. The number of carbonyl (C=O) groups is 1. The van der Waals surface area contributed by atoms with Gasteiger partial charge in [0.15, 0.2) is 6.20 Å². The second-order valence-corrected chi connectivity index (χ2v) is 6.64. The molecule has 0 aliphatic heterocycles. The molecule has 1 aliphatic carbocycles. The fraction of sp³-hybridized carbons (Fsp3) is 0.238. The molecule has 1 amide bonds. The van der Waals surface area contributed by atoms with Crippen LogP contribution in [0.5, 0.6) is 0 Å². The van der Waals surface area contributed by atoms with Crippen LogP contribution >= 0.6 is 0 Å². The van der Waals surface area contributed by atoms with E-state index in [1.54, 1.807) is 18.2 Å². The minimum atomic E-state index is -0.196. The summed E-state index contributed by atoms with van der Waals surface area (Å²) in [4.78, 5) is 14.9. The number of aromatic nitrogens is 1. The summed E-state index contributed by atoms with van der Waals surface area (Å²) in [5.41, 5.74) is 1.27. The molecular weight excluding hydrogens is 312 g/mol. The van der Waals surface area contributed by atoms with E-state index in [4.69, 9.17) is 0 Å². The van der Waals surface area contributed by atoms with Gasteiger partial charge in [-0.1, -0.05) is 36.4 Å². The van der Waals surface area contributed by atoms with Crippen LogP contribution in [0.3, 0.4) is 0 Å². The van der Waals surface area contributed by atoms with E-state index >= 15 is 0 Å². The van der Waals surface area contributed by atoms with E-state index in [9.17, 15) is 10.0 Å². The summed E-state index contributed by atoms with van der Waals surface area (Å²) in [5, 5.41) is 14.4. The van der Waals surface area contributed by atoms with E-state index in [-0.39, 0.29) is 23.7 Å². The summed E-state index contributed by atoms with van der Waals surface area (Å²) in [6, 6.07) is 19.6. The molecule has 1 aromatic heterocycles. The van der Waals surface area contributed by atoms with Gasteiger partial charge in [-0.3, -0.25) is 4.79 Å². The lowest BCUT2D eigenvalue weighted by atomic mass is 10.0. The molecule has 4 nitrogen and oxygen atoms in total. The van der Waals surface area contributed by atoms with Crippen LogP contribution in [-0.4, -0.2) is 16.8 Å². The third kappa shape index (κ3) is 2.95. The van der Waals surface area contributed by atoms with Crippen molar-refractivity contribution in [1.82, 2.24) is 4.90 Å². The quantitative estimate of drug-likeness (QED) is 0.538. The monoisotopic (exact) mass is 332 g/mol. The van der Waals surface area contributed by atoms with E-state index in [0.29, 0.717) is 4.73 Å². The van der Waals surface area contributed by atoms with Crippen molar-refractivity contribution in [3.8, 4) is 0 Å². The zero-order chi connectivity index (χ0) is 17.4. The van der Waals surface area contributed by atoms with Crippen LogP contribution in [0.4, 0.5) is 0 Å². The number of pyridine rings is 1. The molecule has 1 saturated carbocycles. The second kappa shape index (κ2) is 6.20. The van der Waals surface area contributed by atoms with Crippen LogP contribution in [0.1, 0.15) is 41.9 Å². The van der Waals surface area contributed by atoms with Gasteiger partial charge in [-0.25, -0.2) is 0 Å². The molecule has 3 aromatic rings. The van der Waals surface area contributed by atoms with Gasteiger partial charge in [0.05, 0.1) is 6.04 Å². The highest BCUT2D eigenvalue weighted by Gasteiger charge is 2.39. The smallest absolute Gasteiger partial charge is 0.320 e. The molecule has 1 unspecified atom stereocenters. The number of hydrogen-bond donors (Lipinski definition) is 0. The van der Waals surface area contributed by atoms with Gasteiger partial charge < -0.3 is 10.1 Å². The zero-order valence-electron chi connectivity index (χ0n) is 14.1. The third-order valence-electron chi connectivity index (χ3n) is 4.89. The lowest BCUT2D eigenvalue weighted by molar-refractivity contribution is -0.608. The molecule has 4 heteroatoms. The maximum absolute atomic E-state index is 13.0. The van der Waals surface area contributed by atoms with E-state index in [0.717, 1.165) is 23.8 Å². The fourth-order valence-corrected chi connectivity index (χ4v) is 3.37. The number of amides is 1. The summed E-state index contributed by atoms with van der Waals surface area (Å²) in [7, 11) is 0. The van der Waals surface area contributed by atoms with Crippen molar-refractivity contribution in [2.24, 2.45) is 0 Å². The zero-order valence-corrected chi connectivity index (χ0v) is 14.1. The summed E-state index contributed by atoms with van der Waals surface area (Å²) < 4.78 is 0.658. The molecule has 1 aliphatic rings. The van der Waals surface area contributed by atoms with Crippen molar-refractivity contribution >= 4 is 16.7 Å². The Hall–Kier alpha value is -2.88. The summed E-state index contributed by atoms with van der Waals surface area (Å²) in [5.74, 6) is -0.196. The number of carbonyl (C=O) groups excluding carboxylic acids is 1. The Kier molecular flexibility index (Phi) is 3.88. The first-order valence-electron chi connectivity index (χ1n) is 8.65. The summed E-state index contributed by atoms with van der Waals surface area (Å²) in [6.07, 6.45) is 3.36. The van der Waals surface area contributed by atoms with Gasteiger partial charge in [0.1, 0.15) is 0 Å². The summed E-state index contributed by atoms with van der Waals surface area (Å²) >= 11 is 0. The lowest BCUT2D eigenvalue weighted by Crippen LogP contribution is -2.43. The van der Waals surface area contributed by atoms with Crippen LogP contribution in [0, 0.1) is 5.21 Å². The highest BCUT2D eigenvalue weighted by atomic mass is 16.5. The standard InChI is InChI=1S/C21H20N2O2/c1-15(17-10-9-16-6-2-3-7-18(16)14-17)23(19-11-12-19)21(24)20-8-4-5-13-22(20)25/h2-10,13-15,19H,11-12H2,1H3. The number of benzene rings is 2. The van der Waals surface area contributed by atoms with Crippen molar-refractivity contribution in [2.45, 2.75) is 31.8 Å². The van der Waals surface area contributed by atoms with Crippen LogP contribution in [-0.2, 0) is 0 Å². The number of hydrogen-bond acceptors (Lipinski definition) is 2. The average Bonchev–Trinajstić information content (AvgIpc) is 3.46. The van der Waals surface area contributed by atoms with Gasteiger partial charge in [-0.2, -0.15) is 4.73 Å². The Labute approximate surface area is 146 Å². The second-order valence-electron chi connectivity index (χ2n) is 6.64. The largest absolute Gasteiger partial charge is 0.618 e. The van der Waals surface area contributed by atoms with E-state index in [2.05, 4.69) is 30.3 Å². The molecule has 2 aromatic carbocycles. The van der Waals surface area contributed by atoms with Crippen LogP contribution in [0.15, 0.2) is 66.9 Å². The average molecular weight is 332 g/mol. The van der Waals surface area contributed by atoms with Crippen molar-refractivity contribution in [1.29, 1.82) is 0 Å². The third-order valence-corrected chi connectivity index (χ3v) is 4.89. The predicted octanol–water partition coefficient (Wildman–Crippen LogP) is 3.84. The normalized spacial score (nSPS) is 15.1. The number of fused-ring (bicyclic) bond motifs is 1. The van der Waals surface area contributed by atoms with Crippen molar-refractivity contribution < 1.29 is 9.52 Å². The van der Waals surface area contributed by atoms with Crippen molar-refractivity contribution in [3.63, 3.8) is 0 Å². The van der Waals surface area contributed by atoms with Crippen molar-refractivity contribution in [3.05, 3.63) is 83.3 Å². The van der Waals surface area contributed by atoms with Crippen LogP contribution in [0.2, 0.25) is 0 Å². The highest BCUT2D eigenvalue weighted by Crippen LogP contribution is 2.36. The number of nitrogens with zero attached hydrogens (tertiary/aromatic N) is 2. The minimum absolute atomic E-state index is 0.0789. The van der Waals surface area contributed by atoms with Gasteiger partial charge in [-0.05, 0) is 48.2 Å². The SMILES string of the molecule is CC(c1ccc2ccccc2c1)N(C(=O)c1cccc[n+]1[O-])C1CC1. The van der Waals surface area contributed by atoms with Crippen LogP contribution < -0.4 is 4.73 Å². The maximum Gasteiger partial charge on any atom is 0.320 e. The van der Waals surface area contributed by atoms with E-state index in [1.807, 2.05) is 24.0 Å². The molecule has 0 bridgehead atoms. The fourth-order valence-electron chi connectivity index (χ4n) is 3.37. The van der Waals surface area contributed by atoms with Gasteiger partial charge in [0.2, 0.25) is 0 Å². The van der Waals surface area contributed by atoms with Gasteiger partial charge in [0, 0.05) is 18.2 Å². The highest BCUT2D eigenvalue weighted by molar-refractivity contribution is 5.92. The topological polar surface area (TPSA) is 47.2 Å². The van der Waals surface area contributed by atoms with Gasteiger partial charge >= 0.3 is 5.91 Å². The molecule has 0 N–H and O–H groups in total. The Bertz CT molecular complexity index is 934. The van der Waals surface area contributed by atoms with Gasteiger partial charge in [0.25, 0.3) is 5.69 Å². The molecule has 25 heavy (non-hydrogen) atoms. The molecule has 1 atom stereocenters. The molecule has 0 saturated heterocycles. The Morgan fingerprint density at radius 2 is 1.80 bits per heavy atom. The van der Waals surface area contributed by atoms with Crippen molar-refractivity contribution in [2.75, 3.05) is 0 Å². The maximum atomic E-state index is 13.0. The first-order valence-corrected chi connectivity index (χ1v) is 8.65. The van der Waals surface area contributed by atoms with E-state index < -0.39 is 0 Å². The molecule has 1 fully saturated rings. The minimum Gasteiger partial charge on any atom is -0.618 e. The molecule has 0 radical (unpaired) electrons. The summed E-state index contributed by atoms with van der Waals surface area (Å²) in [6.45, 7) is 2.04. The Morgan fingerprint density at radius 3 is 2.52 bits per heavy atom.